The number of benzene rings is 2. The molecule has 0 aliphatic rings. The molecule has 0 aliphatic carbocycles. The average Bonchev–Trinajstić information content (AvgIpc) is 3.18. The van der Waals surface area contributed by atoms with Crippen LogP contribution in [0.5, 0.6) is 5.75 Å². The van der Waals surface area contributed by atoms with Gasteiger partial charge < -0.3 is 64.4 Å². The minimum atomic E-state index is -1.55. The van der Waals surface area contributed by atoms with Crippen molar-refractivity contribution in [3.63, 3.8) is 0 Å². The molecular formula is C39H57N9O11. The maximum absolute atomic E-state index is 13.4. The molecule has 0 bridgehead atoms. The summed E-state index contributed by atoms with van der Waals surface area (Å²) in [5.41, 5.74) is 18.1. The quantitative estimate of drug-likeness (QED) is 0.0455. The van der Waals surface area contributed by atoms with Gasteiger partial charge in [0.1, 0.15) is 42.0 Å². The van der Waals surface area contributed by atoms with Crippen LogP contribution in [0, 0.1) is 0 Å². The Bertz CT molecular complexity index is 1750. The lowest BCUT2D eigenvalue weighted by Crippen LogP contribution is -2.60. The van der Waals surface area contributed by atoms with E-state index >= 15 is 0 Å². The molecule has 20 nitrogen and oxygen atoms in total. The first-order valence-electron chi connectivity index (χ1n) is 19.1. The van der Waals surface area contributed by atoms with Gasteiger partial charge >= 0.3 is 5.97 Å². The van der Waals surface area contributed by atoms with Crippen molar-refractivity contribution in [3.8, 4) is 5.75 Å². The molecule has 0 heterocycles. The summed E-state index contributed by atoms with van der Waals surface area (Å²) in [5.74, 6) is -7.26. The molecule has 8 atom stereocenters. The number of aliphatic hydroxyl groups is 1. The largest absolute Gasteiger partial charge is 0.508 e. The lowest BCUT2D eigenvalue weighted by Gasteiger charge is -2.26. The molecule has 0 saturated heterocycles. The third kappa shape index (κ3) is 17.5. The van der Waals surface area contributed by atoms with E-state index in [1.54, 1.807) is 42.5 Å². The van der Waals surface area contributed by atoms with Crippen LogP contribution in [0.2, 0.25) is 0 Å². The van der Waals surface area contributed by atoms with Crippen molar-refractivity contribution < 1.29 is 53.7 Å². The molecule has 0 aromatic heterocycles. The van der Waals surface area contributed by atoms with Gasteiger partial charge in [-0.25, -0.2) is 4.79 Å². The van der Waals surface area contributed by atoms with E-state index in [4.69, 9.17) is 17.2 Å². The number of aromatic hydroxyl groups is 1. The van der Waals surface area contributed by atoms with Gasteiger partial charge in [0.15, 0.2) is 0 Å². The smallest absolute Gasteiger partial charge is 0.326 e. The minimum absolute atomic E-state index is 0.0173. The van der Waals surface area contributed by atoms with E-state index in [0.717, 1.165) is 0 Å². The number of aliphatic hydroxyl groups excluding tert-OH is 1. The molecular weight excluding hydrogens is 770 g/mol. The molecule has 7 amide bonds. The number of primary amides is 1. The summed E-state index contributed by atoms with van der Waals surface area (Å²) in [6, 6.07) is 5.21. The van der Waals surface area contributed by atoms with E-state index in [0.29, 0.717) is 30.5 Å². The highest BCUT2D eigenvalue weighted by molar-refractivity contribution is 5.97. The normalized spacial score (nSPS) is 15.0. The van der Waals surface area contributed by atoms with Gasteiger partial charge in [-0.1, -0.05) is 42.5 Å². The van der Waals surface area contributed by atoms with Gasteiger partial charge in [-0.15, -0.1) is 0 Å². The summed E-state index contributed by atoms with van der Waals surface area (Å²) in [4.78, 5) is 103. The third-order valence-electron chi connectivity index (χ3n) is 9.08. The summed E-state index contributed by atoms with van der Waals surface area (Å²) in [6.07, 6.45) is -1.02. The Kier molecular flexibility index (Phi) is 20.4. The van der Waals surface area contributed by atoms with Gasteiger partial charge in [0.25, 0.3) is 0 Å². The monoisotopic (exact) mass is 827 g/mol. The van der Waals surface area contributed by atoms with Crippen molar-refractivity contribution in [1.82, 2.24) is 31.9 Å². The number of phenols is 1. The first-order chi connectivity index (χ1) is 27.8. The van der Waals surface area contributed by atoms with E-state index in [-0.39, 0.29) is 37.9 Å². The van der Waals surface area contributed by atoms with Crippen molar-refractivity contribution in [3.05, 3.63) is 65.7 Å². The fraction of sp³-hybridized carbons (Fsp3) is 0.487. The van der Waals surface area contributed by atoms with E-state index < -0.39 is 95.7 Å². The van der Waals surface area contributed by atoms with Crippen LogP contribution in [0.1, 0.15) is 64.0 Å². The van der Waals surface area contributed by atoms with Crippen LogP contribution in [0.25, 0.3) is 0 Å². The number of carbonyl (C=O) groups excluding carboxylic acids is 7. The molecule has 59 heavy (non-hydrogen) atoms. The molecule has 2 aromatic carbocycles. The lowest BCUT2D eigenvalue weighted by atomic mass is 10.0. The first-order valence-corrected chi connectivity index (χ1v) is 19.1. The van der Waals surface area contributed by atoms with Crippen molar-refractivity contribution in [2.24, 2.45) is 17.2 Å². The zero-order chi connectivity index (χ0) is 44.2. The highest BCUT2D eigenvalue weighted by atomic mass is 16.4. The predicted molar refractivity (Wildman–Crippen MR) is 214 cm³/mol. The summed E-state index contributed by atoms with van der Waals surface area (Å²) in [5, 5.41) is 44.0. The van der Waals surface area contributed by atoms with Crippen LogP contribution in [0.15, 0.2) is 54.6 Å². The second-order valence-electron chi connectivity index (χ2n) is 14.2. The van der Waals surface area contributed by atoms with Crippen LogP contribution in [-0.2, 0) is 51.2 Å². The zero-order valence-corrected chi connectivity index (χ0v) is 33.3. The van der Waals surface area contributed by atoms with Gasteiger partial charge in [-0.3, -0.25) is 33.6 Å². The minimum Gasteiger partial charge on any atom is -0.508 e. The Balaban J connectivity index is 2.12. The Morgan fingerprint density at radius 3 is 1.68 bits per heavy atom. The fourth-order valence-electron chi connectivity index (χ4n) is 5.62. The zero-order valence-electron chi connectivity index (χ0n) is 33.3. The number of nitrogens with two attached hydrogens (primary N) is 3. The number of unbranched alkanes of at least 4 members (excludes halogenated alkanes) is 1. The molecule has 0 radical (unpaired) electrons. The van der Waals surface area contributed by atoms with E-state index in [1.807, 2.05) is 0 Å². The molecule has 0 spiro atoms. The number of carboxylic acids is 1. The number of carboxylic acid groups (broad SMARTS) is 1. The molecule has 0 unspecified atom stereocenters. The van der Waals surface area contributed by atoms with E-state index in [9.17, 15) is 53.7 Å². The van der Waals surface area contributed by atoms with Crippen LogP contribution in [-0.4, -0.2) is 118 Å². The number of rotatable bonds is 25. The number of nitrogens with one attached hydrogen (secondary N) is 6. The second kappa shape index (κ2) is 24.6. The lowest BCUT2D eigenvalue weighted by molar-refractivity contribution is -0.142. The van der Waals surface area contributed by atoms with Crippen molar-refractivity contribution in [2.75, 3.05) is 6.54 Å². The molecule has 0 aliphatic heterocycles. The average molecular weight is 828 g/mol. The Hall–Kier alpha value is -6.12. The van der Waals surface area contributed by atoms with Gasteiger partial charge in [0, 0.05) is 12.8 Å². The van der Waals surface area contributed by atoms with Gasteiger partial charge in [0.2, 0.25) is 41.4 Å². The van der Waals surface area contributed by atoms with E-state index in [2.05, 4.69) is 31.9 Å². The summed E-state index contributed by atoms with van der Waals surface area (Å²) >= 11 is 0. The molecule has 15 N–H and O–H groups in total. The number of phenolic OH excluding ortho intramolecular Hbond substituents is 1. The highest BCUT2D eigenvalue weighted by Gasteiger charge is 2.33. The summed E-state index contributed by atoms with van der Waals surface area (Å²) in [6.45, 7) is 4.13. The maximum atomic E-state index is 13.4. The Morgan fingerprint density at radius 1 is 0.610 bits per heavy atom. The van der Waals surface area contributed by atoms with Crippen LogP contribution < -0.4 is 49.1 Å². The third-order valence-corrected chi connectivity index (χ3v) is 9.08. The number of hydrogen-bond donors (Lipinski definition) is 12. The van der Waals surface area contributed by atoms with Crippen LogP contribution in [0.4, 0.5) is 0 Å². The number of aliphatic carboxylic acids is 1. The maximum Gasteiger partial charge on any atom is 0.326 e. The Morgan fingerprint density at radius 2 is 1.14 bits per heavy atom. The first kappa shape index (κ1) is 49.0. The van der Waals surface area contributed by atoms with Crippen LogP contribution in [0.3, 0.4) is 0 Å². The molecule has 2 aromatic rings. The van der Waals surface area contributed by atoms with Crippen molar-refractivity contribution >= 4 is 47.3 Å². The molecule has 324 valence electrons. The number of carbonyl (C=O) groups is 8. The standard InChI is InChI=1S/C39H57N9O11/c1-21(34(53)47-30(20-24-9-5-4-6-10-24)37(56)46-29(39(58)59)11-7-8-18-40)43-36(55)28(16-17-31(42)51)45-33(52)22(2)44-38(57)32(23(3)49)48-35(54)27(41)19-25-12-14-26(50)15-13-25/h4-6,9-10,12-15,21-23,27-30,32,49-50H,7-8,11,16-20,40-41H2,1-3H3,(H2,42,51)(H,43,55)(H,44,57)(H,45,52)(H,46,56)(H,47,53)(H,48,54)(H,58,59)/t21-,22-,23+,27-,28-,29-,30-,32-/m0/s1. The highest BCUT2D eigenvalue weighted by Crippen LogP contribution is 2.12. The second-order valence-corrected chi connectivity index (χ2v) is 14.2. The molecule has 0 saturated carbocycles. The van der Waals surface area contributed by atoms with E-state index in [1.165, 1.54) is 32.9 Å². The van der Waals surface area contributed by atoms with Crippen molar-refractivity contribution in [1.29, 1.82) is 0 Å². The number of hydrogen-bond acceptors (Lipinski definition) is 12. The van der Waals surface area contributed by atoms with Crippen molar-refractivity contribution in [2.45, 2.75) is 114 Å². The SMILES string of the molecule is C[C@H](NC(=O)[C@H](CCC(N)=O)NC(=O)[C@H](C)NC(=O)[C@@H](NC(=O)[C@@H](N)Cc1ccc(O)cc1)[C@@H](C)O)C(=O)N[C@@H](Cc1ccccc1)C(=O)N[C@@H](CCCCN)C(=O)O. The molecule has 20 heteroatoms. The summed E-state index contributed by atoms with van der Waals surface area (Å²) in [7, 11) is 0. The molecule has 0 fully saturated rings. The molecule has 2 rings (SSSR count). The fourth-order valence-corrected chi connectivity index (χ4v) is 5.62. The summed E-state index contributed by atoms with van der Waals surface area (Å²) < 4.78 is 0. The number of amides is 7. The van der Waals surface area contributed by atoms with Gasteiger partial charge in [-0.05, 0) is 82.7 Å². The Labute approximate surface area is 341 Å². The van der Waals surface area contributed by atoms with Crippen LogP contribution >= 0.6 is 0 Å². The van der Waals surface area contributed by atoms with Gasteiger partial charge in [-0.2, -0.15) is 0 Å². The topological polar surface area (TPSA) is 347 Å². The van der Waals surface area contributed by atoms with Gasteiger partial charge in [0.05, 0.1) is 12.1 Å². The predicted octanol–water partition coefficient (Wildman–Crippen LogP) is -2.69.